The van der Waals surface area contributed by atoms with Gasteiger partial charge in [-0.05, 0) is 26.3 Å². The molecule has 0 fully saturated rings. The summed E-state index contributed by atoms with van der Waals surface area (Å²) in [5, 5.41) is 5.44. The average Bonchev–Trinajstić information content (AvgIpc) is 2.88. The molecule has 2 rings (SSSR count). The summed E-state index contributed by atoms with van der Waals surface area (Å²) in [6, 6.07) is 1.97. The molecule has 0 atom stereocenters. The summed E-state index contributed by atoms with van der Waals surface area (Å²) in [6.45, 7) is 6.10. The quantitative estimate of drug-likeness (QED) is 0.919. The van der Waals surface area contributed by atoms with Gasteiger partial charge in [0.25, 0.3) is 5.91 Å². The first-order valence-corrected chi connectivity index (χ1v) is 7.62. The van der Waals surface area contributed by atoms with Crippen LogP contribution in [-0.4, -0.2) is 10.9 Å². The molecule has 1 amide bonds. The van der Waals surface area contributed by atoms with E-state index in [2.05, 4.69) is 17.2 Å². The highest BCUT2D eigenvalue weighted by Gasteiger charge is 2.11. The van der Waals surface area contributed by atoms with Crippen molar-refractivity contribution in [2.75, 3.05) is 5.32 Å². The Morgan fingerprint density at radius 2 is 2.22 bits per heavy atom. The number of carbonyl (C=O) groups excluding carboxylic acids is 1. The molecule has 0 spiro atoms. The van der Waals surface area contributed by atoms with Gasteiger partial charge in [-0.15, -0.1) is 22.7 Å². The Morgan fingerprint density at radius 3 is 2.83 bits per heavy atom. The summed E-state index contributed by atoms with van der Waals surface area (Å²) < 4.78 is 0. The Bertz CT molecular complexity index is 538. The fourth-order valence-electron chi connectivity index (χ4n) is 1.57. The van der Waals surface area contributed by atoms with Gasteiger partial charge in [0.2, 0.25) is 0 Å². The Kier molecular flexibility index (Phi) is 4.14. The van der Waals surface area contributed by atoms with Crippen LogP contribution >= 0.6 is 22.7 Å². The summed E-state index contributed by atoms with van der Waals surface area (Å²) >= 11 is 3.16. The first-order valence-electron chi connectivity index (χ1n) is 5.93. The molecular weight excluding hydrogens is 264 g/mol. The third-order valence-electron chi connectivity index (χ3n) is 2.66. The molecule has 0 aliphatic rings. The van der Waals surface area contributed by atoms with Gasteiger partial charge in [-0.2, -0.15) is 0 Å². The van der Waals surface area contributed by atoms with Crippen molar-refractivity contribution < 1.29 is 4.79 Å². The molecule has 0 aliphatic carbocycles. The van der Waals surface area contributed by atoms with Crippen molar-refractivity contribution in [2.45, 2.75) is 33.6 Å². The van der Waals surface area contributed by atoms with Gasteiger partial charge in [-0.1, -0.05) is 13.3 Å². The maximum absolute atomic E-state index is 12.0. The maximum atomic E-state index is 12.0. The zero-order chi connectivity index (χ0) is 13.1. The van der Waals surface area contributed by atoms with Crippen molar-refractivity contribution >= 4 is 33.7 Å². The van der Waals surface area contributed by atoms with Gasteiger partial charge in [0.1, 0.15) is 0 Å². The minimum absolute atomic E-state index is 0.0673. The van der Waals surface area contributed by atoms with Crippen LogP contribution in [0, 0.1) is 13.8 Å². The number of aryl methyl sites for hydroxylation is 3. The summed E-state index contributed by atoms with van der Waals surface area (Å²) in [5.41, 5.74) is 1.71. The summed E-state index contributed by atoms with van der Waals surface area (Å²) in [6.07, 6.45) is 2.14. The van der Waals surface area contributed by atoms with Crippen molar-refractivity contribution in [3.8, 4) is 0 Å². The lowest BCUT2D eigenvalue weighted by molar-refractivity contribution is 0.102. The molecule has 0 saturated carbocycles. The molecular formula is C13H16N2OS2. The number of nitrogens with zero attached hydrogens (tertiary/aromatic N) is 1. The van der Waals surface area contributed by atoms with E-state index in [1.807, 2.05) is 25.3 Å². The van der Waals surface area contributed by atoms with Crippen LogP contribution in [0.3, 0.4) is 0 Å². The van der Waals surface area contributed by atoms with Crippen LogP contribution in [-0.2, 0) is 6.42 Å². The van der Waals surface area contributed by atoms with E-state index in [-0.39, 0.29) is 5.91 Å². The molecule has 5 heteroatoms. The lowest BCUT2D eigenvalue weighted by Gasteiger charge is -1.97. The Morgan fingerprint density at radius 1 is 1.44 bits per heavy atom. The van der Waals surface area contributed by atoms with E-state index in [1.165, 1.54) is 16.2 Å². The van der Waals surface area contributed by atoms with Crippen molar-refractivity contribution in [3.05, 3.63) is 32.5 Å². The lowest BCUT2D eigenvalue weighted by Crippen LogP contribution is -2.10. The van der Waals surface area contributed by atoms with Crippen molar-refractivity contribution in [2.24, 2.45) is 0 Å². The highest BCUT2D eigenvalue weighted by Crippen LogP contribution is 2.23. The second-order valence-electron chi connectivity index (χ2n) is 4.17. The van der Waals surface area contributed by atoms with Gasteiger partial charge >= 0.3 is 0 Å². The maximum Gasteiger partial charge on any atom is 0.258 e. The molecule has 1 N–H and O–H groups in total. The molecule has 0 radical (unpaired) electrons. The number of nitrogens with one attached hydrogen (secondary N) is 1. The minimum Gasteiger partial charge on any atom is -0.298 e. The van der Waals surface area contributed by atoms with Crippen molar-refractivity contribution in [1.29, 1.82) is 0 Å². The molecule has 2 aromatic heterocycles. The van der Waals surface area contributed by atoms with Crippen LogP contribution in [0.2, 0.25) is 0 Å². The number of thiophene rings is 1. The van der Waals surface area contributed by atoms with Crippen LogP contribution in [0.15, 0.2) is 11.4 Å². The van der Waals surface area contributed by atoms with Gasteiger partial charge in [-0.3, -0.25) is 10.1 Å². The fourth-order valence-corrected chi connectivity index (χ4v) is 3.35. The number of amides is 1. The Hall–Kier alpha value is -1.20. The number of aromatic nitrogens is 1. The predicted octanol–water partition coefficient (Wildman–Crippen LogP) is 4.03. The summed E-state index contributed by atoms with van der Waals surface area (Å²) in [5.74, 6) is -0.0673. The van der Waals surface area contributed by atoms with Gasteiger partial charge in [0.05, 0.1) is 11.3 Å². The second-order valence-corrected chi connectivity index (χ2v) is 6.37. The van der Waals surface area contributed by atoms with Gasteiger partial charge in [0.15, 0.2) is 5.13 Å². The van der Waals surface area contributed by atoms with Crippen LogP contribution in [0.1, 0.15) is 39.2 Å². The number of rotatable bonds is 4. The van der Waals surface area contributed by atoms with E-state index in [1.54, 1.807) is 11.3 Å². The fraction of sp³-hybridized carbons (Fsp3) is 0.385. The second kappa shape index (κ2) is 5.63. The molecule has 18 heavy (non-hydrogen) atoms. The zero-order valence-electron chi connectivity index (χ0n) is 10.7. The topological polar surface area (TPSA) is 42.0 Å². The van der Waals surface area contributed by atoms with Crippen LogP contribution in [0.5, 0.6) is 0 Å². The molecule has 2 aromatic rings. The largest absolute Gasteiger partial charge is 0.298 e. The van der Waals surface area contributed by atoms with Crippen molar-refractivity contribution in [1.82, 2.24) is 4.98 Å². The molecule has 0 saturated heterocycles. The van der Waals surface area contributed by atoms with Gasteiger partial charge in [0, 0.05) is 15.1 Å². The van der Waals surface area contributed by atoms with E-state index in [0.717, 1.165) is 29.0 Å². The minimum atomic E-state index is -0.0673. The smallest absolute Gasteiger partial charge is 0.258 e. The van der Waals surface area contributed by atoms with E-state index in [9.17, 15) is 4.79 Å². The number of thiazole rings is 1. The van der Waals surface area contributed by atoms with Gasteiger partial charge in [-0.25, -0.2) is 4.98 Å². The first-order chi connectivity index (χ1) is 8.60. The summed E-state index contributed by atoms with van der Waals surface area (Å²) in [7, 11) is 0. The molecule has 3 nitrogen and oxygen atoms in total. The molecule has 0 aliphatic heterocycles. The first kappa shape index (κ1) is 13.2. The molecule has 0 unspecified atom stereocenters. The zero-order valence-corrected chi connectivity index (χ0v) is 12.4. The lowest BCUT2D eigenvalue weighted by atomic mass is 10.2. The highest BCUT2D eigenvalue weighted by atomic mass is 32.1. The standard InChI is InChI=1S/C13H16N2OS2/c1-4-5-11-6-10(7-17-11)12(16)15-13-14-8(2)9(3)18-13/h6-7H,4-5H2,1-3H3,(H,14,15,16). The summed E-state index contributed by atoms with van der Waals surface area (Å²) in [4.78, 5) is 18.7. The van der Waals surface area contributed by atoms with Crippen molar-refractivity contribution in [3.63, 3.8) is 0 Å². The molecule has 96 valence electrons. The average molecular weight is 280 g/mol. The number of hydrogen-bond acceptors (Lipinski definition) is 4. The predicted molar refractivity (Wildman–Crippen MR) is 77.9 cm³/mol. The monoisotopic (exact) mass is 280 g/mol. The Balaban J connectivity index is 2.06. The van der Waals surface area contributed by atoms with Crippen LogP contribution in [0.25, 0.3) is 0 Å². The Labute approximate surface area is 115 Å². The molecule has 2 heterocycles. The number of hydrogen-bond donors (Lipinski definition) is 1. The third kappa shape index (κ3) is 2.97. The SMILES string of the molecule is CCCc1cc(C(=O)Nc2nc(C)c(C)s2)cs1. The number of anilines is 1. The molecule has 0 aromatic carbocycles. The van der Waals surface area contributed by atoms with E-state index in [0.29, 0.717) is 5.13 Å². The third-order valence-corrected chi connectivity index (χ3v) is 4.65. The van der Waals surface area contributed by atoms with Gasteiger partial charge < -0.3 is 0 Å². The van der Waals surface area contributed by atoms with E-state index >= 15 is 0 Å². The van der Waals surface area contributed by atoms with E-state index < -0.39 is 0 Å². The van der Waals surface area contributed by atoms with Crippen LogP contribution < -0.4 is 5.32 Å². The highest BCUT2D eigenvalue weighted by molar-refractivity contribution is 7.15. The van der Waals surface area contributed by atoms with Crippen LogP contribution in [0.4, 0.5) is 5.13 Å². The molecule has 0 bridgehead atoms. The number of carbonyl (C=O) groups is 1. The van der Waals surface area contributed by atoms with E-state index in [4.69, 9.17) is 0 Å². The normalized spacial score (nSPS) is 10.6.